The van der Waals surface area contributed by atoms with E-state index in [9.17, 15) is 9.18 Å². The van der Waals surface area contributed by atoms with Crippen molar-refractivity contribution in [3.05, 3.63) is 64.9 Å². The van der Waals surface area contributed by atoms with Crippen LogP contribution in [0.15, 0.2) is 48.5 Å². The fourth-order valence-corrected chi connectivity index (χ4v) is 2.76. The van der Waals surface area contributed by atoms with Crippen LogP contribution in [0.2, 0.25) is 5.02 Å². The molecule has 0 spiro atoms. The summed E-state index contributed by atoms with van der Waals surface area (Å²) in [5.74, 6) is -0.0120. The third kappa shape index (κ3) is 5.34. The van der Waals surface area contributed by atoms with Gasteiger partial charge in [-0.1, -0.05) is 41.9 Å². The molecule has 2 aromatic carbocycles. The smallest absolute Gasteiger partial charge is 0.265 e. The van der Waals surface area contributed by atoms with E-state index < -0.39 is 11.9 Å². The summed E-state index contributed by atoms with van der Waals surface area (Å²) in [5, 5.41) is 2.80. The molecule has 7 heteroatoms. The molecule has 1 amide bonds. The molecule has 1 aliphatic rings. The first-order valence-electron chi connectivity index (χ1n) is 8.24. The molecule has 0 radical (unpaired) electrons. The van der Waals surface area contributed by atoms with Gasteiger partial charge in [0.1, 0.15) is 11.6 Å². The predicted molar refractivity (Wildman–Crippen MR) is 102 cm³/mol. The highest BCUT2D eigenvalue weighted by Gasteiger charge is 2.30. The zero-order valence-corrected chi connectivity index (χ0v) is 15.6. The van der Waals surface area contributed by atoms with E-state index in [0.29, 0.717) is 23.8 Å². The van der Waals surface area contributed by atoms with Crippen LogP contribution < -0.4 is 15.8 Å². The highest BCUT2D eigenvalue weighted by molar-refractivity contribution is 6.30. The molecule has 140 valence electrons. The van der Waals surface area contributed by atoms with Crippen LogP contribution in [0.5, 0.6) is 5.75 Å². The SMILES string of the molecule is Cl.NC(CNC(=O)C(Oc1ccc(F)c(Cl)c1)c1ccccc1)C1CC1. The Labute approximate surface area is 163 Å². The van der Waals surface area contributed by atoms with Crippen molar-refractivity contribution in [1.29, 1.82) is 0 Å². The molecule has 3 rings (SSSR count). The highest BCUT2D eigenvalue weighted by atomic mass is 35.5. The van der Waals surface area contributed by atoms with Crippen LogP contribution in [0.4, 0.5) is 4.39 Å². The Morgan fingerprint density at radius 3 is 2.58 bits per heavy atom. The molecule has 2 unspecified atom stereocenters. The van der Waals surface area contributed by atoms with Crippen molar-refractivity contribution in [3.63, 3.8) is 0 Å². The lowest BCUT2D eigenvalue weighted by Gasteiger charge is -2.20. The summed E-state index contributed by atoms with van der Waals surface area (Å²) in [6.07, 6.45) is 1.36. The Morgan fingerprint density at radius 2 is 1.96 bits per heavy atom. The molecular weight excluding hydrogens is 378 g/mol. The zero-order chi connectivity index (χ0) is 17.8. The van der Waals surface area contributed by atoms with Crippen molar-refractivity contribution in [2.75, 3.05) is 6.54 Å². The van der Waals surface area contributed by atoms with Gasteiger partial charge in [0.15, 0.2) is 0 Å². The molecule has 1 aliphatic carbocycles. The number of ether oxygens (including phenoxy) is 1. The minimum Gasteiger partial charge on any atom is -0.476 e. The highest BCUT2D eigenvalue weighted by Crippen LogP contribution is 2.31. The average molecular weight is 399 g/mol. The van der Waals surface area contributed by atoms with Crippen LogP contribution in [-0.4, -0.2) is 18.5 Å². The maximum absolute atomic E-state index is 13.3. The van der Waals surface area contributed by atoms with Crippen molar-refractivity contribution in [3.8, 4) is 5.75 Å². The quantitative estimate of drug-likeness (QED) is 0.743. The average Bonchev–Trinajstić information content (AvgIpc) is 3.46. The maximum Gasteiger partial charge on any atom is 0.265 e. The molecule has 1 saturated carbocycles. The fourth-order valence-electron chi connectivity index (χ4n) is 2.59. The molecule has 0 heterocycles. The van der Waals surface area contributed by atoms with Crippen molar-refractivity contribution in [2.24, 2.45) is 11.7 Å². The van der Waals surface area contributed by atoms with E-state index >= 15 is 0 Å². The Balaban J connectivity index is 0.00000243. The van der Waals surface area contributed by atoms with Crippen molar-refractivity contribution in [2.45, 2.75) is 25.0 Å². The number of nitrogens with one attached hydrogen (secondary N) is 1. The van der Waals surface area contributed by atoms with Gasteiger partial charge in [0.25, 0.3) is 5.91 Å². The lowest BCUT2D eigenvalue weighted by molar-refractivity contribution is -0.128. The summed E-state index contributed by atoms with van der Waals surface area (Å²) in [4.78, 5) is 12.6. The van der Waals surface area contributed by atoms with E-state index in [4.69, 9.17) is 22.1 Å². The minimum atomic E-state index is -0.867. The number of carbonyl (C=O) groups is 1. The Hall–Kier alpha value is -1.82. The lowest BCUT2D eigenvalue weighted by Crippen LogP contribution is -2.41. The molecule has 4 nitrogen and oxygen atoms in total. The van der Waals surface area contributed by atoms with Crippen LogP contribution in [0.25, 0.3) is 0 Å². The second kappa shape index (κ2) is 9.21. The van der Waals surface area contributed by atoms with E-state index in [1.54, 1.807) is 12.1 Å². The monoisotopic (exact) mass is 398 g/mol. The van der Waals surface area contributed by atoms with Gasteiger partial charge in [0, 0.05) is 24.2 Å². The molecule has 1 fully saturated rings. The van der Waals surface area contributed by atoms with E-state index in [2.05, 4.69) is 5.32 Å². The van der Waals surface area contributed by atoms with Gasteiger partial charge in [-0.2, -0.15) is 0 Å². The van der Waals surface area contributed by atoms with Gasteiger partial charge in [-0.15, -0.1) is 12.4 Å². The zero-order valence-electron chi connectivity index (χ0n) is 14.0. The van der Waals surface area contributed by atoms with Crippen LogP contribution in [0.1, 0.15) is 24.5 Å². The number of rotatable bonds is 7. The summed E-state index contributed by atoms with van der Waals surface area (Å²) in [6.45, 7) is 0.403. The Morgan fingerprint density at radius 1 is 1.27 bits per heavy atom. The molecular formula is C19H21Cl2FN2O2. The van der Waals surface area contributed by atoms with Gasteiger partial charge in [-0.25, -0.2) is 4.39 Å². The second-order valence-corrected chi connectivity index (χ2v) is 6.64. The standard InChI is InChI=1S/C19H20ClFN2O2.ClH/c20-15-10-14(8-9-16(15)21)25-18(13-4-2-1-3-5-13)19(24)23-11-17(22)12-6-7-12;/h1-5,8-10,12,17-18H,6-7,11,22H2,(H,23,24);1H. The molecule has 0 saturated heterocycles. The van der Waals surface area contributed by atoms with Gasteiger partial charge in [0.05, 0.1) is 5.02 Å². The molecule has 0 aliphatic heterocycles. The predicted octanol–water partition coefficient (Wildman–Crippen LogP) is 3.87. The molecule has 26 heavy (non-hydrogen) atoms. The van der Waals surface area contributed by atoms with Crippen LogP contribution in [-0.2, 0) is 4.79 Å². The van der Waals surface area contributed by atoms with E-state index in [-0.39, 0.29) is 29.4 Å². The first-order valence-corrected chi connectivity index (χ1v) is 8.62. The van der Waals surface area contributed by atoms with Gasteiger partial charge < -0.3 is 15.8 Å². The third-order valence-electron chi connectivity index (χ3n) is 4.22. The molecule has 2 atom stereocenters. The van der Waals surface area contributed by atoms with Crippen molar-refractivity contribution in [1.82, 2.24) is 5.32 Å². The number of amides is 1. The fraction of sp³-hybridized carbons (Fsp3) is 0.316. The summed E-state index contributed by atoms with van der Waals surface area (Å²) in [6, 6.07) is 13.1. The number of carbonyl (C=O) groups excluding carboxylic acids is 1. The summed E-state index contributed by atoms with van der Waals surface area (Å²) in [7, 11) is 0. The van der Waals surface area contributed by atoms with Crippen molar-refractivity contribution < 1.29 is 13.9 Å². The number of benzene rings is 2. The lowest BCUT2D eigenvalue weighted by atomic mass is 10.1. The van der Waals surface area contributed by atoms with Gasteiger partial charge in [-0.3, -0.25) is 4.79 Å². The second-order valence-electron chi connectivity index (χ2n) is 6.23. The van der Waals surface area contributed by atoms with Crippen molar-refractivity contribution >= 4 is 29.9 Å². The summed E-state index contributed by atoms with van der Waals surface area (Å²) >= 11 is 5.80. The summed E-state index contributed by atoms with van der Waals surface area (Å²) < 4.78 is 19.1. The molecule has 3 N–H and O–H groups in total. The normalized spacial score (nSPS) is 15.5. The first kappa shape index (κ1) is 20.5. The summed E-state index contributed by atoms with van der Waals surface area (Å²) in [5.41, 5.74) is 6.74. The van der Waals surface area contributed by atoms with Crippen LogP contribution in [0.3, 0.4) is 0 Å². The minimum absolute atomic E-state index is 0. The molecule has 0 bridgehead atoms. The van der Waals surface area contributed by atoms with Gasteiger partial charge >= 0.3 is 0 Å². The number of nitrogens with two attached hydrogens (primary N) is 1. The third-order valence-corrected chi connectivity index (χ3v) is 4.51. The first-order chi connectivity index (χ1) is 12.0. The number of halogens is 3. The molecule has 2 aromatic rings. The van der Waals surface area contributed by atoms with E-state index in [1.165, 1.54) is 18.2 Å². The van der Waals surface area contributed by atoms with Crippen LogP contribution in [0, 0.1) is 11.7 Å². The Bertz CT molecular complexity index is 742. The Kier molecular flexibility index (Phi) is 7.26. The number of hydrogen-bond acceptors (Lipinski definition) is 3. The molecule has 0 aromatic heterocycles. The van der Waals surface area contributed by atoms with Gasteiger partial charge in [-0.05, 0) is 30.9 Å². The largest absolute Gasteiger partial charge is 0.476 e. The number of hydrogen-bond donors (Lipinski definition) is 2. The van der Waals surface area contributed by atoms with Crippen LogP contribution >= 0.6 is 24.0 Å². The van der Waals surface area contributed by atoms with Gasteiger partial charge in [0.2, 0.25) is 6.10 Å². The topological polar surface area (TPSA) is 64.3 Å². The van der Waals surface area contributed by atoms with E-state index in [0.717, 1.165) is 12.8 Å². The van der Waals surface area contributed by atoms with E-state index in [1.807, 2.05) is 18.2 Å². The maximum atomic E-state index is 13.3.